The molecule has 0 aromatic heterocycles. The molecule has 136 valence electrons. The Morgan fingerprint density at radius 2 is 1.78 bits per heavy atom. The van der Waals surface area contributed by atoms with Gasteiger partial charge in [-0.25, -0.2) is 14.3 Å². The third kappa shape index (κ3) is 2.31. The zero-order valence-corrected chi connectivity index (χ0v) is 14.7. The molecule has 1 saturated heterocycles. The number of fused-ring (bicyclic) bond motifs is 2. The van der Waals surface area contributed by atoms with E-state index in [-0.39, 0.29) is 11.8 Å². The Hall–Kier alpha value is -3.09. The molecule has 1 fully saturated rings. The highest BCUT2D eigenvalue weighted by Crippen LogP contribution is 2.36. The number of carbonyl (C=O) groups is 2. The van der Waals surface area contributed by atoms with E-state index < -0.39 is 17.9 Å². The molecule has 27 heavy (non-hydrogen) atoms. The van der Waals surface area contributed by atoms with Crippen molar-refractivity contribution in [2.24, 2.45) is 10.3 Å². The highest BCUT2D eigenvalue weighted by molar-refractivity contribution is 6.26. The molecule has 0 bridgehead atoms. The fourth-order valence-electron chi connectivity index (χ4n) is 4.05. The number of hydrogen-bond donors (Lipinski definition) is 0. The molecular formula is C20H17FN4O2. The van der Waals surface area contributed by atoms with E-state index in [0.717, 1.165) is 19.3 Å². The Kier molecular flexibility index (Phi) is 3.40. The van der Waals surface area contributed by atoms with Gasteiger partial charge in [-0.15, -0.1) is 0 Å². The van der Waals surface area contributed by atoms with E-state index in [0.29, 0.717) is 16.9 Å². The molecule has 0 N–H and O–H groups in total. The Bertz CT molecular complexity index is 1020. The molecule has 2 amide bonds. The third-order valence-corrected chi connectivity index (χ3v) is 5.54. The molecule has 7 heteroatoms. The molecule has 0 radical (unpaired) electrons. The summed E-state index contributed by atoms with van der Waals surface area (Å²) in [6.07, 6.45) is 3.08. The maximum Gasteiger partial charge on any atom is 0.263 e. The Labute approximate surface area is 155 Å². The molecule has 2 atom stereocenters. The first kappa shape index (κ1) is 16.1. The van der Waals surface area contributed by atoms with Crippen LogP contribution in [0, 0.1) is 12.7 Å². The van der Waals surface area contributed by atoms with E-state index >= 15 is 0 Å². The average Bonchev–Trinajstić information content (AvgIpc) is 3.34. The Balaban J connectivity index is 1.50. The molecular weight excluding hydrogens is 347 g/mol. The van der Waals surface area contributed by atoms with Crippen LogP contribution in [-0.4, -0.2) is 23.9 Å². The quantitative estimate of drug-likeness (QED) is 0.769. The highest BCUT2D eigenvalue weighted by Gasteiger charge is 2.55. The summed E-state index contributed by atoms with van der Waals surface area (Å²) >= 11 is 0. The largest absolute Gasteiger partial charge is 0.271 e. The summed E-state index contributed by atoms with van der Waals surface area (Å²) in [6, 6.07) is 8.57. The SMILES string of the molecule is Cc1ccc(N2N=N[C@@H]3C(=O)N(c4ccc5c(c4)CCC5)C(=O)[C@@H]32)cc1F. The molecule has 2 aliphatic heterocycles. The fourth-order valence-corrected chi connectivity index (χ4v) is 4.05. The summed E-state index contributed by atoms with van der Waals surface area (Å²) < 4.78 is 14.0. The van der Waals surface area contributed by atoms with Gasteiger partial charge < -0.3 is 0 Å². The molecule has 6 nitrogen and oxygen atoms in total. The number of aryl methyl sites for hydroxylation is 3. The highest BCUT2D eigenvalue weighted by atomic mass is 19.1. The van der Waals surface area contributed by atoms with Crippen LogP contribution in [0.1, 0.15) is 23.1 Å². The second-order valence-electron chi connectivity index (χ2n) is 7.19. The van der Waals surface area contributed by atoms with Crippen molar-refractivity contribution in [3.05, 3.63) is 58.9 Å². The summed E-state index contributed by atoms with van der Waals surface area (Å²) in [7, 11) is 0. The van der Waals surface area contributed by atoms with Crippen molar-refractivity contribution in [1.82, 2.24) is 0 Å². The molecule has 3 aliphatic rings. The van der Waals surface area contributed by atoms with Crippen molar-refractivity contribution >= 4 is 23.2 Å². The van der Waals surface area contributed by atoms with Gasteiger partial charge in [-0.05, 0) is 67.1 Å². The molecule has 0 unspecified atom stereocenters. The lowest BCUT2D eigenvalue weighted by atomic mass is 10.1. The molecule has 2 aromatic rings. The zero-order chi connectivity index (χ0) is 18.7. The maximum atomic E-state index is 14.0. The van der Waals surface area contributed by atoms with Crippen LogP contribution in [0.15, 0.2) is 46.7 Å². The lowest BCUT2D eigenvalue weighted by molar-refractivity contribution is -0.121. The van der Waals surface area contributed by atoms with Crippen molar-refractivity contribution < 1.29 is 14.0 Å². The van der Waals surface area contributed by atoms with Gasteiger partial charge in [-0.1, -0.05) is 17.4 Å². The summed E-state index contributed by atoms with van der Waals surface area (Å²) in [5, 5.41) is 9.32. The minimum Gasteiger partial charge on any atom is -0.271 e. The van der Waals surface area contributed by atoms with Gasteiger partial charge >= 0.3 is 0 Å². The fraction of sp³-hybridized carbons (Fsp3) is 0.300. The number of amides is 2. The lowest BCUT2D eigenvalue weighted by Gasteiger charge is -2.21. The van der Waals surface area contributed by atoms with Crippen LogP contribution in [0.4, 0.5) is 15.8 Å². The van der Waals surface area contributed by atoms with Crippen LogP contribution >= 0.6 is 0 Å². The van der Waals surface area contributed by atoms with Gasteiger partial charge in [0.1, 0.15) is 5.82 Å². The topological polar surface area (TPSA) is 65.3 Å². The molecule has 2 aromatic carbocycles. The molecule has 1 aliphatic carbocycles. The van der Waals surface area contributed by atoms with Gasteiger partial charge in [0.2, 0.25) is 0 Å². The van der Waals surface area contributed by atoms with Crippen LogP contribution in [-0.2, 0) is 22.4 Å². The standard InChI is InChI=1S/C20H17FN4O2/c1-11-5-7-15(10-16(11)21)25-18-17(22-23-25)19(26)24(20(18)27)14-8-6-12-3-2-4-13(12)9-14/h5-10,17-18H,2-4H2,1H3/t17-,18+/m0/s1. The molecule has 0 saturated carbocycles. The minimum atomic E-state index is -0.893. The maximum absolute atomic E-state index is 14.0. The van der Waals surface area contributed by atoms with E-state index in [1.807, 2.05) is 18.2 Å². The van der Waals surface area contributed by atoms with Crippen LogP contribution in [0.5, 0.6) is 0 Å². The smallest absolute Gasteiger partial charge is 0.263 e. The number of rotatable bonds is 2. The van der Waals surface area contributed by atoms with Crippen LogP contribution in [0.25, 0.3) is 0 Å². The van der Waals surface area contributed by atoms with Crippen LogP contribution < -0.4 is 9.91 Å². The number of hydrogen-bond acceptors (Lipinski definition) is 5. The predicted molar refractivity (Wildman–Crippen MR) is 97.0 cm³/mol. The van der Waals surface area contributed by atoms with E-state index in [4.69, 9.17) is 0 Å². The number of carbonyl (C=O) groups excluding carboxylic acids is 2. The van der Waals surface area contributed by atoms with Crippen LogP contribution in [0.3, 0.4) is 0 Å². The van der Waals surface area contributed by atoms with E-state index in [9.17, 15) is 14.0 Å². The summed E-state index contributed by atoms with van der Waals surface area (Å²) in [5.74, 6) is -1.16. The van der Waals surface area contributed by atoms with Crippen molar-refractivity contribution in [1.29, 1.82) is 0 Å². The van der Waals surface area contributed by atoms with Gasteiger partial charge in [0.05, 0.1) is 11.4 Å². The van der Waals surface area contributed by atoms with Gasteiger partial charge in [0.25, 0.3) is 11.8 Å². The number of nitrogens with zero attached hydrogens (tertiary/aromatic N) is 4. The third-order valence-electron chi connectivity index (χ3n) is 5.54. The lowest BCUT2D eigenvalue weighted by Crippen LogP contribution is -2.40. The first-order valence-corrected chi connectivity index (χ1v) is 9.00. The normalized spacial score (nSPS) is 23.3. The first-order chi connectivity index (χ1) is 13.0. The Morgan fingerprint density at radius 3 is 2.59 bits per heavy atom. The number of anilines is 2. The van der Waals surface area contributed by atoms with Gasteiger partial charge in [-0.3, -0.25) is 9.59 Å². The van der Waals surface area contributed by atoms with Crippen molar-refractivity contribution in [2.45, 2.75) is 38.3 Å². The first-order valence-electron chi connectivity index (χ1n) is 9.00. The molecule has 2 heterocycles. The van der Waals surface area contributed by atoms with Crippen molar-refractivity contribution in [3.63, 3.8) is 0 Å². The van der Waals surface area contributed by atoms with Crippen molar-refractivity contribution in [2.75, 3.05) is 9.91 Å². The Morgan fingerprint density at radius 1 is 1.00 bits per heavy atom. The number of halogens is 1. The van der Waals surface area contributed by atoms with Crippen molar-refractivity contribution in [3.8, 4) is 0 Å². The van der Waals surface area contributed by atoms with Crippen LogP contribution in [0.2, 0.25) is 0 Å². The second kappa shape index (κ2) is 5.70. The minimum absolute atomic E-state index is 0.381. The summed E-state index contributed by atoms with van der Waals surface area (Å²) in [5.41, 5.74) is 3.94. The second-order valence-corrected chi connectivity index (χ2v) is 7.19. The van der Waals surface area contributed by atoms with E-state index in [2.05, 4.69) is 10.3 Å². The summed E-state index contributed by atoms with van der Waals surface area (Å²) in [4.78, 5) is 27.1. The number of benzene rings is 2. The van der Waals surface area contributed by atoms with E-state index in [1.165, 1.54) is 27.1 Å². The summed E-state index contributed by atoms with van der Waals surface area (Å²) in [6.45, 7) is 1.66. The predicted octanol–water partition coefficient (Wildman–Crippen LogP) is 3.12. The van der Waals surface area contributed by atoms with Gasteiger partial charge in [0, 0.05) is 0 Å². The van der Waals surface area contributed by atoms with Gasteiger partial charge in [-0.2, -0.15) is 5.11 Å². The number of imide groups is 1. The van der Waals surface area contributed by atoms with Gasteiger partial charge in [0.15, 0.2) is 12.1 Å². The monoisotopic (exact) mass is 364 g/mol. The average molecular weight is 364 g/mol. The molecule has 5 rings (SSSR count). The molecule has 0 spiro atoms. The zero-order valence-electron chi connectivity index (χ0n) is 14.7. The van der Waals surface area contributed by atoms with E-state index in [1.54, 1.807) is 19.1 Å².